The molecule has 0 radical (unpaired) electrons. The Hall–Kier alpha value is -0.900. The lowest BCUT2D eigenvalue weighted by Crippen LogP contribution is -2.10. The summed E-state index contributed by atoms with van der Waals surface area (Å²) in [4.78, 5) is 0. The average molecular weight is 210 g/mol. The van der Waals surface area contributed by atoms with Crippen molar-refractivity contribution in [3.63, 3.8) is 0 Å². The van der Waals surface area contributed by atoms with Crippen molar-refractivity contribution in [1.82, 2.24) is 20.3 Å². The van der Waals surface area contributed by atoms with E-state index in [-0.39, 0.29) is 0 Å². The zero-order valence-corrected chi connectivity index (χ0v) is 10.1. The van der Waals surface area contributed by atoms with Crippen molar-refractivity contribution in [1.29, 1.82) is 0 Å². The van der Waals surface area contributed by atoms with E-state index >= 15 is 0 Å². The summed E-state index contributed by atoms with van der Waals surface area (Å²) in [6.45, 7) is 6.22. The van der Waals surface area contributed by atoms with Crippen LogP contribution in [0.1, 0.15) is 44.5 Å². The Kier molecular flexibility index (Phi) is 5.32. The van der Waals surface area contributed by atoms with Crippen LogP contribution in [-0.2, 0) is 19.5 Å². The molecule has 0 fully saturated rings. The molecule has 0 aliphatic carbocycles. The lowest BCUT2D eigenvalue weighted by molar-refractivity contribution is 0.530. The van der Waals surface area contributed by atoms with Gasteiger partial charge >= 0.3 is 0 Å². The largest absolute Gasteiger partial charge is 0.314 e. The van der Waals surface area contributed by atoms with Crippen LogP contribution in [0.2, 0.25) is 0 Å². The van der Waals surface area contributed by atoms with Crippen LogP contribution in [0.3, 0.4) is 0 Å². The van der Waals surface area contributed by atoms with Gasteiger partial charge in [-0.15, -0.1) is 5.10 Å². The molecule has 0 atom stereocenters. The van der Waals surface area contributed by atoms with Gasteiger partial charge in [-0.05, 0) is 19.9 Å². The van der Waals surface area contributed by atoms with E-state index in [2.05, 4.69) is 34.2 Å². The van der Waals surface area contributed by atoms with Crippen molar-refractivity contribution < 1.29 is 0 Å². The Bertz CT molecular complexity index is 280. The van der Waals surface area contributed by atoms with Crippen molar-refractivity contribution in [3.05, 3.63) is 11.4 Å². The molecule has 86 valence electrons. The minimum atomic E-state index is 0.821. The number of nitrogens with one attached hydrogen (secondary N) is 1. The fraction of sp³-hybridized carbons (Fsp3) is 0.818. The highest BCUT2D eigenvalue weighted by molar-refractivity contribution is 5.10. The van der Waals surface area contributed by atoms with Gasteiger partial charge in [-0.3, -0.25) is 0 Å². The molecule has 0 unspecified atom stereocenters. The molecule has 4 nitrogen and oxygen atoms in total. The monoisotopic (exact) mass is 210 g/mol. The van der Waals surface area contributed by atoms with E-state index in [0.29, 0.717) is 0 Å². The zero-order valence-electron chi connectivity index (χ0n) is 10.1. The quantitative estimate of drug-likeness (QED) is 0.745. The summed E-state index contributed by atoms with van der Waals surface area (Å²) in [6, 6.07) is 0. The number of rotatable bonds is 7. The molecule has 15 heavy (non-hydrogen) atoms. The second-order valence-corrected chi connectivity index (χ2v) is 3.84. The second kappa shape index (κ2) is 6.56. The molecular formula is C11H22N4. The average Bonchev–Trinajstić information content (AvgIpc) is 2.60. The Labute approximate surface area is 92.1 Å². The highest BCUT2D eigenvalue weighted by Gasteiger charge is 2.10. The topological polar surface area (TPSA) is 42.7 Å². The molecular weight excluding hydrogens is 188 g/mol. The van der Waals surface area contributed by atoms with Crippen LogP contribution in [0.4, 0.5) is 0 Å². The minimum Gasteiger partial charge on any atom is -0.314 e. The van der Waals surface area contributed by atoms with Crippen molar-refractivity contribution in [2.24, 2.45) is 0 Å². The van der Waals surface area contributed by atoms with Crippen LogP contribution in [-0.4, -0.2) is 22.0 Å². The van der Waals surface area contributed by atoms with E-state index in [1.54, 1.807) is 0 Å². The van der Waals surface area contributed by atoms with Gasteiger partial charge in [0.2, 0.25) is 0 Å². The van der Waals surface area contributed by atoms with Crippen molar-refractivity contribution in [2.45, 2.75) is 52.6 Å². The summed E-state index contributed by atoms with van der Waals surface area (Å²) in [7, 11) is 1.95. The Morgan fingerprint density at radius 2 is 2.07 bits per heavy atom. The molecule has 0 bridgehead atoms. The number of unbranched alkanes of at least 4 members (excludes halogenated alkanes) is 1. The van der Waals surface area contributed by atoms with Crippen LogP contribution in [0, 0.1) is 0 Å². The lowest BCUT2D eigenvalue weighted by atomic mass is 10.2. The standard InChI is InChI=1S/C11H22N4/c1-4-6-8-15-11(7-5-2)10(9-12-3)13-14-15/h12H,4-9H2,1-3H3. The fourth-order valence-corrected chi connectivity index (χ4v) is 1.67. The summed E-state index contributed by atoms with van der Waals surface area (Å²) in [5.74, 6) is 0. The minimum absolute atomic E-state index is 0.821. The van der Waals surface area contributed by atoms with Gasteiger partial charge in [0.1, 0.15) is 0 Å². The van der Waals surface area contributed by atoms with Crippen molar-refractivity contribution in [3.8, 4) is 0 Å². The van der Waals surface area contributed by atoms with Crippen LogP contribution in [0.5, 0.6) is 0 Å². The second-order valence-electron chi connectivity index (χ2n) is 3.84. The Morgan fingerprint density at radius 3 is 2.67 bits per heavy atom. The van der Waals surface area contributed by atoms with E-state index in [4.69, 9.17) is 0 Å². The van der Waals surface area contributed by atoms with E-state index in [9.17, 15) is 0 Å². The first-order chi connectivity index (χ1) is 7.33. The zero-order chi connectivity index (χ0) is 11.1. The predicted molar refractivity (Wildman–Crippen MR) is 61.7 cm³/mol. The van der Waals surface area contributed by atoms with Crippen molar-refractivity contribution in [2.75, 3.05) is 7.05 Å². The smallest absolute Gasteiger partial charge is 0.0996 e. The molecule has 4 heteroatoms. The number of hydrogen-bond acceptors (Lipinski definition) is 3. The number of hydrogen-bond donors (Lipinski definition) is 1. The molecule has 1 N–H and O–H groups in total. The SMILES string of the molecule is CCCCn1nnc(CNC)c1CCC. The first-order valence-corrected chi connectivity index (χ1v) is 5.89. The highest BCUT2D eigenvalue weighted by atomic mass is 15.4. The molecule has 0 aliphatic heterocycles. The maximum atomic E-state index is 4.23. The van der Waals surface area contributed by atoms with Crippen molar-refractivity contribution >= 4 is 0 Å². The third-order valence-corrected chi connectivity index (χ3v) is 2.47. The summed E-state index contributed by atoms with van der Waals surface area (Å²) < 4.78 is 2.07. The van der Waals surface area contributed by atoms with Gasteiger partial charge in [0.25, 0.3) is 0 Å². The number of nitrogens with zero attached hydrogens (tertiary/aromatic N) is 3. The molecule has 0 aliphatic rings. The first-order valence-electron chi connectivity index (χ1n) is 5.89. The molecule has 0 saturated carbocycles. The molecule has 1 aromatic heterocycles. The third-order valence-electron chi connectivity index (χ3n) is 2.47. The van der Waals surface area contributed by atoms with E-state index in [1.165, 1.54) is 18.5 Å². The molecule has 1 heterocycles. The summed E-state index contributed by atoms with van der Waals surface area (Å²) in [5, 5.41) is 11.6. The van der Waals surface area contributed by atoms with E-state index < -0.39 is 0 Å². The van der Waals surface area contributed by atoms with Gasteiger partial charge in [0.05, 0.1) is 11.4 Å². The summed E-state index contributed by atoms with van der Waals surface area (Å²) in [6.07, 6.45) is 4.61. The maximum absolute atomic E-state index is 4.23. The lowest BCUT2D eigenvalue weighted by Gasteiger charge is -2.06. The van der Waals surface area contributed by atoms with Crippen LogP contribution < -0.4 is 5.32 Å². The Morgan fingerprint density at radius 1 is 1.27 bits per heavy atom. The molecule has 0 aromatic carbocycles. The van der Waals surface area contributed by atoms with Gasteiger partial charge in [0, 0.05) is 13.1 Å². The molecule has 1 aromatic rings. The van der Waals surface area contributed by atoms with Gasteiger partial charge in [0.15, 0.2) is 0 Å². The van der Waals surface area contributed by atoms with E-state index in [0.717, 1.165) is 31.6 Å². The molecule has 0 saturated heterocycles. The van der Waals surface area contributed by atoms with Gasteiger partial charge < -0.3 is 5.32 Å². The molecule has 0 amide bonds. The molecule has 1 rings (SSSR count). The van der Waals surface area contributed by atoms with Crippen LogP contribution in [0.25, 0.3) is 0 Å². The Balaban J connectivity index is 2.75. The van der Waals surface area contributed by atoms with E-state index in [1.807, 2.05) is 7.05 Å². The number of aryl methyl sites for hydroxylation is 1. The summed E-state index contributed by atoms with van der Waals surface area (Å²) in [5.41, 5.74) is 2.41. The van der Waals surface area contributed by atoms with Crippen LogP contribution >= 0.6 is 0 Å². The predicted octanol–water partition coefficient (Wildman–Crippen LogP) is 1.75. The van der Waals surface area contributed by atoms with Crippen LogP contribution in [0.15, 0.2) is 0 Å². The van der Waals surface area contributed by atoms with Gasteiger partial charge in [-0.25, -0.2) is 4.68 Å². The normalized spacial score (nSPS) is 10.9. The number of aromatic nitrogens is 3. The third kappa shape index (κ3) is 3.30. The van der Waals surface area contributed by atoms with Gasteiger partial charge in [-0.2, -0.15) is 0 Å². The van der Waals surface area contributed by atoms with Gasteiger partial charge in [-0.1, -0.05) is 31.9 Å². The highest BCUT2D eigenvalue weighted by Crippen LogP contribution is 2.09. The maximum Gasteiger partial charge on any atom is 0.0996 e. The first kappa shape index (κ1) is 12.2. The molecule has 0 spiro atoms. The summed E-state index contributed by atoms with van der Waals surface area (Å²) >= 11 is 0. The fourth-order valence-electron chi connectivity index (χ4n) is 1.67.